The number of benzene rings is 8. The number of hydrogen-bond acceptors (Lipinski definition) is 4. The molecule has 8 aromatic carbocycles. The Morgan fingerprint density at radius 1 is 0.261 bits per heavy atom. The minimum Gasteiger partial charge on any atom is -0.508 e. The summed E-state index contributed by atoms with van der Waals surface area (Å²) in [5, 5.41) is 49.8. The number of phenols is 4. The second-order valence-corrected chi connectivity index (χ2v) is 11.5. The van der Waals surface area contributed by atoms with Crippen molar-refractivity contribution in [1.82, 2.24) is 0 Å². The Morgan fingerprint density at radius 3 is 0.717 bits per heavy atom. The smallest absolute Gasteiger partial charge is 0.119 e. The summed E-state index contributed by atoms with van der Waals surface area (Å²) in [5.41, 5.74) is 3.37. The average Bonchev–Trinajstić information content (AvgIpc) is 3.09. The molecule has 0 heterocycles. The van der Waals surface area contributed by atoms with E-state index in [0.29, 0.717) is 12.8 Å². The van der Waals surface area contributed by atoms with Crippen molar-refractivity contribution < 1.29 is 20.4 Å². The monoisotopic (exact) mass is 600 g/mol. The summed E-state index contributed by atoms with van der Waals surface area (Å²) in [5.74, 6) is 1.04. The lowest BCUT2D eigenvalue weighted by atomic mass is 9.94. The van der Waals surface area contributed by atoms with Gasteiger partial charge in [0, 0.05) is 35.1 Å². The third kappa shape index (κ3) is 5.42. The minimum absolute atomic E-state index is 0.260. The molecule has 0 saturated carbocycles. The molecule has 0 aromatic heterocycles. The van der Waals surface area contributed by atoms with Gasteiger partial charge in [0.1, 0.15) is 23.0 Å². The van der Waals surface area contributed by atoms with Gasteiger partial charge in [-0.15, -0.1) is 0 Å². The maximum atomic E-state index is 10.4. The summed E-state index contributed by atoms with van der Waals surface area (Å²) < 4.78 is 0. The van der Waals surface area contributed by atoms with Crippen molar-refractivity contribution in [3.05, 3.63) is 168 Å². The van der Waals surface area contributed by atoms with Gasteiger partial charge in [-0.25, -0.2) is 0 Å². The van der Waals surface area contributed by atoms with Gasteiger partial charge in [0.2, 0.25) is 0 Å². The van der Waals surface area contributed by atoms with Crippen molar-refractivity contribution in [2.75, 3.05) is 0 Å². The van der Waals surface area contributed by atoms with Gasteiger partial charge in [0.05, 0.1) is 0 Å². The molecule has 224 valence electrons. The SMILES string of the molecule is Oc1ccc2ccccc2c1Cc1c(O)ccc2ccccc12.Oc1ccc2ccccc2c1Cc1c(O)ccc2ccccc12. The molecule has 4 N–H and O–H groups in total. The Bertz CT molecular complexity index is 2040. The van der Waals surface area contributed by atoms with Crippen LogP contribution in [0.5, 0.6) is 23.0 Å². The van der Waals surface area contributed by atoms with Crippen LogP contribution in [-0.2, 0) is 12.8 Å². The molecular weight excluding hydrogens is 568 g/mol. The Labute approximate surface area is 266 Å². The lowest BCUT2D eigenvalue weighted by Crippen LogP contribution is -1.93. The highest BCUT2D eigenvalue weighted by atomic mass is 16.3. The van der Waals surface area contributed by atoms with Crippen molar-refractivity contribution >= 4 is 43.1 Å². The molecule has 8 aromatic rings. The van der Waals surface area contributed by atoms with Crippen LogP contribution in [0, 0.1) is 0 Å². The first-order valence-electron chi connectivity index (χ1n) is 15.3. The quantitative estimate of drug-likeness (QED) is 0.162. The van der Waals surface area contributed by atoms with Gasteiger partial charge in [-0.2, -0.15) is 0 Å². The van der Waals surface area contributed by atoms with Crippen LogP contribution in [0.2, 0.25) is 0 Å². The molecule has 0 unspecified atom stereocenters. The fourth-order valence-electron chi connectivity index (χ4n) is 6.39. The molecule has 0 atom stereocenters. The summed E-state index contributed by atoms with van der Waals surface area (Å²) in [6.45, 7) is 0. The van der Waals surface area contributed by atoms with Gasteiger partial charge in [-0.05, 0) is 67.4 Å². The van der Waals surface area contributed by atoms with Crippen molar-refractivity contribution in [2.45, 2.75) is 12.8 Å². The lowest BCUT2D eigenvalue weighted by molar-refractivity contribution is 0.463. The number of rotatable bonds is 4. The normalized spacial score (nSPS) is 11.1. The van der Waals surface area contributed by atoms with E-state index in [4.69, 9.17) is 0 Å². The van der Waals surface area contributed by atoms with Gasteiger partial charge in [-0.1, -0.05) is 121 Å². The van der Waals surface area contributed by atoms with E-state index >= 15 is 0 Å². The molecule has 0 radical (unpaired) electrons. The maximum absolute atomic E-state index is 10.4. The molecule has 0 aliphatic heterocycles. The van der Waals surface area contributed by atoms with Crippen LogP contribution < -0.4 is 0 Å². The summed E-state index contributed by atoms with van der Waals surface area (Å²) in [6.07, 6.45) is 0.973. The lowest BCUT2D eigenvalue weighted by Gasteiger charge is -2.13. The van der Waals surface area contributed by atoms with Crippen LogP contribution in [-0.4, -0.2) is 20.4 Å². The molecular formula is C42H32O4. The molecule has 4 heteroatoms. The summed E-state index contributed by atoms with van der Waals surface area (Å²) in [6, 6.07) is 46.5. The van der Waals surface area contributed by atoms with Crippen LogP contribution in [0.25, 0.3) is 43.1 Å². The number of phenolic OH excluding ortho intramolecular Hbond substituents is 4. The van der Waals surface area contributed by atoms with E-state index < -0.39 is 0 Å². The first kappa shape index (κ1) is 28.8. The molecule has 4 nitrogen and oxygen atoms in total. The largest absolute Gasteiger partial charge is 0.508 e. The number of fused-ring (bicyclic) bond motifs is 4. The van der Waals surface area contributed by atoms with Crippen LogP contribution in [0.15, 0.2) is 146 Å². The maximum Gasteiger partial charge on any atom is 0.119 e. The molecule has 0 spiro atoms. The van der Waals surface area contributed by atoms with Crippen LogP contribution in [0.4, 0.5) is 0 Å². The van der Waals surface area contributed by atoms with Crippen LogP contribution in [0.3, 0.4) is 0 Å². The first-order chi connectivity index (χ1) is 22.5. The number of hydrogen-bond donors (Lipinski definition) is 4. The highest BCUT2D eigenvalue weighted by molar-refractivity contribution is 5.93. The van der Waals surface area contributed by atoms with E-state index in [0.717, 1.165) is 65.3 Å². The first-order valence-corrected chi connectivity index (χ1v) is 15.3. The van der Waals surface area contributed by atoms with Gasteiger partial charge >= 0.3 is 0 Å². The van der Waals surface area contributed by atoms with E-state index in [2.05, 4.69) is 0 Å². The predicted octanol–water partition coefficient (Wildman–Crippen LogP) is 9.99. The van der Waals surface area contributed by atoms with Crippen molar-refractivity contribution in [3.8, 4) is 23.0 Å². The Hall–Kier alpha value is -6.00. The highest BCUT2D eigenvalue weighted by Crippen LogP contribution is 2.36. The topological polar surface area (TPSA) is 80.9 Å². The molecule has 0 fully saturated rings. The van der Waals surface area contributed by atoms with E-state index in [-0.39, 0.29) is 23.0 Å². The van der Waals surface area contributed by atoms with Crippen LogP contribution in [0.1, 0.15) is 22.3 Å². The second kappa shape index (κ2) is 12.2. The van der Waals surface area contributed by atoms with Crippen molar-refractivity contribution in [2.24, 2.45) is 0 Å². The second-order valence-electron chi connectivity index (χ2n) is 11.5. The molecule has 46 heavy (non-hydrogen) atoms. The molecule has 0 aliphatic rings. The molecule has 0 amide bonds. The molecule has 0 saturated heterocycles. The van der Waals surface area contributed by atoms with Gasteiger partial charge in [0.15, 0.2) is 0 Å². The summed E-state index contributed by atoms with van der Waals surface area (Å²) >= 11 is 0. The van der Waals surface area contributed by atoms with E-state index in [1.165, 1.54) is 0 Å². The van der Waals surface area contributed by atoms with Crippen molar-refractivity contribution in [3.63, 3.8) is 0 Å². The van der Waals surface area contributed by atoms with E-state index in [1.807, 2.05) is 121 Å². The third-order valence-electron chi connectivity index (χ3n) is 8.77. The predicted molar refractivity (Wildman–Crippen MR) is 188 cm³/mol. The standard InChI is InChI=1S/2C21H16O2/c2*22-20-11-9-14-5-1-3-7-16(14)18(20)13-19-17-8-4-2-6-15(17)10-12-21(19)23/h2*1-12,22-23H,13H2. The zero-order valence-corrected chi connectivity index (χ0v) is 25.1. The summed E-state index contributed by atoms with van der Waals surface area (Å²) in [4.78, 5) is 0. The number of aromatic hydroxyl groups is 4. The summed E-state index contributed by atoms with van der Waals surface area (Å²) in [7, 11) is 0. The van der Waals surface area contributed by atoms with E-state index in [1.54, 1.807) is 24.3 Å². The minimum atomic E-state index is 0.260. The average molecular weight is 601 g/mol. The fourth-order valence-corrected chi connectivity index (χ4v) is 6.39. The van der Waals surface area contributed by atoms with Crippen molar-refractivity contribution in [1.29, 1.82) is 0 Å². The van der Waals surface area contributed by atoms with Gasteiger partial charge in [0.25, 0.3) is 0 Å². The Morgan fingerprint density at radius 2 is 0.478 bits per heavy atom. The van der Waals surface area contributed by atoms with Gasteiger partial charge < -0.3 is 20.4 Å². The molecule has 0 bridgehead atoms. The molecule has 8 rings (SSSR count). The Kier molecular flexibility index (Phi) is 7.61. The fraction of sp³-hybridized carbons (Fsp3) is 0.0476. The van der Waals surface area contributed by atoms with Gasteiger partial charge in [-0.3, -0.25) is 0 Å². The van der Waals surface area contributed by atoms with Crippen LogP contribution >= 0.6 is 0 Å². The highest BCUT2D eigenvalue weighted by Gasteiger charge is 2.14. The zero-order valence-electron chi connectivity index (χ0n) is 25.1. The van der Waals surface area contributed by atoms with E-state index in [9.17, 15) is 20.4 Å². The third-order valence-corrected chi connectivity index (χ3v) is 8.77. The molecule has 0 aliphatic carbocycles. The zero-order chi connectivity index (χ0) is 31.6. The Balaban J connectivity index is 0.000000147.